The lowest BCUT2D eigenvalue weighted by Crippen LogP contribution is -2.37. The zero-order valence-corrected chi connectivity index (χ0v) is 34.1. The average Bonchev–Trinajstić information content (AvgIpc) is 3.15. The standard InChI is InChI=1S/C48H55N3O4/c1-12-15-18-30(13-2)25-49-38-24-37-40-39(47(54)50(46(37)53)43-32(26(4)5)19-16-20-33(43)27(6)7)31(14-3)23-36-41(40)42(38)48(55)51(45(36)52)44-34(28(8)9)21-17-22-35(44)29(10)11/h3,16-17,19-24,26-30,52H,12-13,15,18,25H2,1-2,4-11H3. The molecule has 0 fully saturated rings. The van der Waals surface area contributed by atoms with Gasteiger partial charge in [0.15, 0.2) is 0 Å². The topological polar surface area (TPSA) is 93.7 Å². The van der Waals surface area contributed by atoms with Gasteiger partial charge in [-0.25, -0.2) is 9.13 Å². The van der Waals surface area contributed by atoms with Crippen LogP contribution in [0, 0.1) is 18.3 Å². The highest BCUT2D eigenvalue weighted by Crippen LogP contribution is 2.42. The van der Waals surface area contributed by atoms with Gasteiger partial charge in [-0.05, 0) is 70.4 Å². The Balaban J connectivity index is 1.91. The van der Waals surface area contributed by atoms with E-state index < -0.39 is 16.7 Å². The second kappa shape index (κ2) is 15.5. The number of rotatable bonds is 12. The number of hydrogen-bond donors (Lipinski definition) is 1. The number of hydrogen-bond acceptors (Lipinski definition) is 5. The summed E-state index contributed by atoms with van der Waals surface area (Å²) < 4.78 is 2.70. The van der Waals surface area contributed by atoms with Crippen molar-refractivity contribution in [3.05, 3.63) is 113 Å². The van der Waals surface area contributed by atoms with E-state index in [4.69, 9.17) is 11.4 Å². The molecule has 1 atom stereocenters. The van der Waals surface area contributed by atoms with E-state index in [1.807, 2.05) is 64.1 Å². The Hall–Kier alpha value is -5.22. The first-order chi connectivity index (χ1) is 26.2. The molecule has 1 N–H and O–H groups in total. The molecule has 1 aliphatic heterocycles. The second-order valence-electron chi connectivity index (χ2n) is 16.4. The van der Waals surface area contributed by atoms with Gasteiger partial charge in [-0.2, -0.15) is 0 Å². The van der Waals surface area contributed by atoms with Crippen LogP contribution in [0.15, 0.2) is 67.9 Å². The molecule has 0 bridgehead atoms. The van der Waals surface area contributed by atoms with E-state index in [1.54, 1.807) is 12.1 Å². The summed E-state index contributed by atoms with van der Waals surface area (Å²) in [6, 6.07) is 15.2. The van der Waals surface area contributed by atoms with Crippen LogP contribution in [0.2, 0.25) is 0 Å². The van der Waals surface area contributed by atoms with Crippen LogP contribution in [0.5, 0.6) is 5.88 Å². The monoisotopic (exact) mass is 737 g/mol. The summed E-state index contributed by atoms with van der Waals surface area (Å²) >= 11 is 0. The molecule has 1 aromatic heterocycles. The van der Waals surface area contributed by atoms with Gasteiger partial charge in [-0.1, -0.05) is 131 Å². The number of para-hydroxylation sites is 2. The van der Waals surface area contributed by atoms with Gasteiger partial charge in [0, 0.05) is 28.4 Å². The molecule has 0 saturated heterocycles. The molecule has 0 radical (unpaired) electrons. The minimum atomic E-state index is -0.546. The number of aromatic nitrogens is 2. The summed E-state index contributed by atoms with van der Waals surface area (Å²) in [4.78, 5) is 50.6. The normalized spacial score (nSPS) is 13.1. The van der Waals surface area contributed by atoms with E-state index in [0.717, 1.165) is 47.9 Å². The quantitative estimate of drug-likeness (QED) is 0.1000. The number of unbranched alkanes of at least 4 members (excludes halogenated alkanes) is 1. The minimum Gasteiger partial charge on any atom is -0.494 e. The van der Waals surface area contributed by atoms with Crippen LogP contribution in [-0.4, -0.2) is 20.8 Å². The van der Waals surface area contributed by atoms with Crippen LogP contribution in [-0.2, 0) is 0 Å². The molecule has 4 aromatic rings. The molecule has 55 heavy (non-hydrogen) atoms. The van der Waals surface area contributed by atoms with Crippen molar-refractivity contribution in [1.82, 2.24) is 9.13 Å². The molecular formula is C48H55N3O4. The Morgan fingerprint density at radius 1 is 0.709 bits per heavy atom. The highest BCUT2D eigenvalue weighted by Gasteiger charge is 2.32. The highest BCUT2D eigenvalue weighted by atomic mass is 16.3. The third-order valence-corrected chi connectivity index (χ3v) is 11.5. The lowest BCUT2D eigenvalue weighted by Gasteiger charge is -2.25. The fourth-order valence-electron chi connectivity index (χ4n) is 8.39. The molecule has 1 unspecified atom stereocenters. The molecule has 7 nitrogen and oxygen atoms in total. The Morgan fingerprint density at radius 3 is 1.69 bits per heavy atom. The lowest BCUT2D eigenvalue weighted by molar-refractivity contribution is 0.442. The first-order valence-corrected chi connectivity index (χ1v) is 20.1. The molecule has 2 aliphatic rings. The SMILES string of the molecule is C#Cc1cc2c(O)n(-c3c(C(C)C)cccc3C(C)C)c(=O)c3c(=NCC(CC)CCCC)cc4c(=O)n(-c5c(C(C)C)cccc5C(C)C)c(=O)c1c-4c23. The van der Waals surface area contributed by atoms with E-state index in [0.29, 0.717) is 34.0 Å². The van der Waals surface area contributed by atoms with Crippen LogP contribution in [0.3, 0.4) is 0 Å². The van der Waals surface area contributed by atoms with Crippen LogP contribution in [0.25, 0.3) is 44.0 Å². The third kappa shape index (κ3) is 6.54. The van der Waals surface area contributed by atoms with Gasteiger partial charge in [0.05, 0.1) is 33.1 Å². The molecule has 6 rings (SSSR count). The zero-order chi connectivity index (χ0) is 40.0. The second-order valence-corrected chi connectivity index (χ2v) is 16.4. The molecule has 286 valence electrons. The van der Waals surface area contributed by atoms with Crippen molar-refractivity contribution in [2.75, 3.05) is 6.54 Å². The van der Waals surface area contributed by atoms with Gasteiger partial charge in [0.25, 0.3) is 16.7 Å². The van der Waals surface area contributed by atoms with E-state index in [-0.39, 0.29) is 62.9 Å². The first-order valence-electron chi connectivity index (χ1n) is 20.1. The molecule has 0 amide bonds. The van der Waals surface area contributed by atoms with Crippen molar-refractivity contribution < 1.29 is 5.11 Å². The van der Waals surface area contributed by atoms with E-state index in [1.165, 1.54) is 9.13 Å². The summed E-state index contributed by atoms with van der Waals surface area (Å²) in [6.45, 7) is 21.2. The van der Waals surface area contributed by atoms with Gasteiger partial charge in [0.1, 0.15) is 0 Å². The van der Waals surface area contributed by atoms with Crippen molar-refractivity contribution in [1.29, 1.82) is 0 Å². The average molecular weight is 738 g/mol. The summed E-state index contributed by atoms with van der Waals surface area (Å²) in [5, 5.41) is 13.8. The van der Waals surface area contributed by atoms with Gasteiger partial charge in [-0.3, -0.25) is 19.4 Å². The van der Waals surface area contributed by atoms with E-state index >= 15 is 14.4 Å². The number of benzene rings is 4. The predicted octanol–water partition coefficient (Wildman–Crippen LogP) is 9.93. The fraction of sp³-hybridized carbons (Fsp3) is 0.417. The Bertz CT molecular complexity index is 2600. The molecular weight excluding hydrogens is 683 g/mol. The summed E-state index contributed by atoms with van der Waals surface area (Å²) in [7, 11) is 0. The molecule has 0 spiro atoms. The van der Waals surface area contributed by atoms with Gasteiger partial charge in [0.2, 0.25) is 5.88 Å². The fourth-order valence-corrected chi connectivity index (χ4v) is 8.39. The highest BCUT2D eigenvalue weighted by molar-refractivity contribution is 6.17. The van der Waals surface area contributed by atoms with E-state index in [2.05, 4.69) is 47.5 Å². The number of pyridine rings is 2. The molecule has 3 aromatic carbocycles. The Morgan fingerprint density at radius 2 is 1.22 bits per heavy atom. The molecule has 7 heteroatoms. The summed E-state index contributed by atoms with van der Waals surface area (Å²) in [5.41, 5.74) is 4.01. The van der Waals surface area contributed by atoms with Crippen molar-refractivity contribution in [2.24, 2.45) is 10.9 Å². The van der Waals surface area contributed by atoms with Crippen LogP contribution >= 0.6 is 0 Å². The van der Waals surface area contributed by atoms with Gasteiger partial charge in [-0.15, -0.1) is 6.42 Å². The maximum atomic E-state index is 15.3. The lowest BCUT2D eigenvalue weighted by atomic mass is 9.87. The zero-order valence-electron chi connectivity index (χ0n) is 34.1. The van der Waals surface area contributed by atoms with Crippen molar-refractivity contribution in [3.63, 3.8) is 0 Å². The maximum Gasteiger partial charge on any atom is 0.268 e. The number of nitrogens with zero attached hydrogens (tertiary/aromatic N) is 3. The molecule has 0 saturated carbocycles. The summed E-state index contributed by atoms with van der Waals surface area (Å²) in [5.74, 6) is 2.81. The first kappa shape index (κ1) is 39.5. The van der Waals surface area contributed by atoms with Crippen LogP contribution in [0.4, 0.5) is 0 Å². The number of terminal acetylenes is 1. The van der Waals surface area contributed by atoms with Gasteiger partial charge >= 0.3 is 0 Å². The van der Waals surface area contributed by atoms with Crippen molar-refractivity contribution in [3.8, 4) is 40.7 Å². The Kier molecular flexibility index (Phi) is 11.1. The Labute approximate surface area is 324 Å². The van der Waals surface area contributed by atoms with Gasteiger partial charge < -0.3 is 5.11 Å². The van der Waals surface area contributed by atoms with Crippen molar-refractivity contribution >= 4 is 21.5 Å². The predicted molar refractivity (Wildman–Crippen MR) is 228 cm³/mol. The number of aromatic hydroxyl groups is 1. The van der Waals surface area contributed by atoms with E-state index in [9.17, 15) is 5.11 Å². The molecule has 2 heterocycles. The smallest absolute Gasteiger partial charge is 0.268 e. The molecule has 1 aliphatic carbocycles. The maximum absolute atomic E-state index is 15.3. The van der Waals surface area contributed by atoms with Crippen LogP contribution in [0.1, 0.15) is 146 Å². The minimum absolute atomic E-state index is 0.0115. The summed E-state index contributed by atoms with van der Waals surface area (Å²) in [6.07, 6.45) is 10.3. The largest absolute Gasteiger partial charge is 0.494 e. The third-order valence-electron chi connectivity index (χ3n) is 11.5. The van der Waals surface area contributed by atoms with Crippen molar-refractivity contribution in [2.45, 2.75) is 119 Å². The van der Waals surface area contributed by atoms with Crippen LogP contribution < -0.4 is 22.0 Å².